The summed E-state index contributed by atoms with van der Waals surface area (Å²) in [6.07, 6.45) is -5.82. The van der Waals surface area contributed by atoms with Crippen LogP contribution in [0.5, 0.6) is 0 Å². The first-order valence-corrected chi connectivity index (χ1v) is 12.2. The zero-order valence-corrected chi connectivity index (χ0v) is 20.0. The smallest absolute Gasteiger partial charge is 0.363 e. The van der Waals surface area contributed by atoms with Crippen LogP contribution in [0.25, 0.3) is 11.1 Å². The Labute approximate surface area is 211 Å². The summed E-state index contributed by atoms with van der Waals surface area (Å²) in [6.45, 7) is 2.09. The standard InChI is InChI=1S/C25H20F6N2O3S/c26-24(27,28)17-11-16(12-18(13-17)25(29,30)31)21(34)20-14-19(15-1-5-32-6-2-15)22(37-20)33-7-3-23(4-8-33)35-9-10-36-23/h1-2,5-6,11-14H,3-4,7-10H2. The number of hydrogen-bond acceptors (Lipinski definition) is 6. The summed E-state index contributed by atoms with van der Waals surface area (Å²) in [5.74, 6) is -1.56. The number of thiophene rings is 1. The SMILES string of the molecule is O=C(c1cc(C(F)(F)F)cc(C(F)(F)F)c1)c1cc(-c2ccncc2)c(N2CCC3(CC2)OCCO3)s1. The molecule has 12 heteroatoms. The van der Waals surface area contributed by atoms with E-state index in [4.69, 9.17) is 9.47 Å². The van der Waals surface area contributed by atoms with Gasteiger partial charge in [-0.1, -0.05) is 0 Å². The van der Waals surface area contributed by atoms with Crippen molar-refractivity contribution in [1.82, 2.24) is 4.98 Å². The molecule has 196 valence electrons. The lowest BCUT2D eigenvalue weighted by atomic mass is 10.00. The van der Waals surface area contributed by atoms with Crippen LogP contribution in [-0.2, 0) is 21.8 Å². The van der Waals surface area contributed by atoms with Gasteiger partial charge >= 0.3 is 12.4 Å². The van der Waals surface area contributed by atoms with Crippen molar-refractivity contribution in [3.8, 4) is 11.1 Å². The lowest BCUT2D eigenvalue weighted by molar-refractivity contribution is -0.169. The van der Waals surface area contributed by atoms with Crippen molar-refractivity contribution in [2.24, 2.45) is 0 Å². The molecule has 2 aliphatic heterocycles. The minimum Gasteiger partial charge on any atom is -0.363 e. The molecule has 0 unspecified atom stereocenters. The highest BCUT2D eigenvalue weighted by molar-refractivity contribution is 7.18. The third-order valence-corrected chi connectivity index (χ3v) is 7.60. The molecule has 5 rings (SSSR count). The number of hydrogen-bond donors (Lipinski definition) is 0. The molecular weight excluding hydrogens is 522 g/mol. The van der Waals surface area contributed by atoms with E-state index >= 15 is 0 Å². The van der Waals surface area contributed by atoms with Gasteiger partial charge in [0, 0.05) is 49.5 Å². The van der Waals surface area contributed by atoms with Crippen molar-refractivity contribution in [2.75, 3.05) is 31.2 Å². The van der Waals surface area contributed by atoms with Crippen LogP contribution in [0.3, 0.4) is 0 Å². The number of pyridine rings is 1. The van der Waals surface area contributed by atoms with E-state index in [0.717, 1.165) is 11.3 Å². The van der Waals surface area contributed by atoms with Crippen molar-refractivity contribution < 1.29 is 40.6 Å². The number of rotatable bonds is 4. The van der Waals surface area contributed by atoms with Gasteiger partial charge in [0.05, 0.1) is 34.2 Å². The van der Waals surface area contributed by atoms with Gasteiger partial charge < -0.3 is 14.4 Å². The highest BCUT2D eigenvalue weighted by Gasteiger charge is 2.41. The average molecular weight is 543 g/mol. The van der Waals surface area contributed by atoms with Gasteiger partial charge in [-0.3, -0.25) is 9.78 Å². The van der Waals surface area contributed by atoms with Crippen molar-refractivity contribution in [1.29, 1.82) is 0 Å². The van der Waals surface area contributed by atoms with Gasteiger partial charge in [0.15, 0.2) is 5.79 Å². The summed E-state index contributed by atoms with van der Waals surface area (Å²) in [4.78, 5) is 19.3. The van der Waals surface area contributed by atoms with Crippen molar-refractivity contribution in [2.45, 2.75) is 31.0 Å². The Balaban J connectivity index is 1.53. The van der Waals surface area contributed by atoms with Gasteiger partial charge in [-0.2, -0.15) is 26.3 Å². The molecule has 2 aliphatic rings. The lowest BCUT2D eigenvalue weighted by Crippen LogP contribution is -2.45. The number of nitrogens with zero attached hydrogens (tertiary/aromatic N) is 2. The van der Waals surface area contributed by atoms with E-state index in [9.17, 15) is 31.1 Å². The summed E-state index contributed by atoms with van der Waals surface area (Å²) < 4.78 is 91.6. The first-order chi connectivity index (χ1) is 17.5. The molecule has 1 aromatic carbocycles. The van der Waals surface area contributed by atoms with Gasteiger partial charge in [0.25, 0.3) is 0 Å². The van der Waals surface area contributed by atoms with Crippen LogP contribution in [0.1, 0.15) is 39.2 Å². The van der Waals surface area contributed by atoms with E-state index in [1.165, 1.54) is 6.07 Å². The quantitative estimate of drug-likeness (QED) is 0.281. The molecule has 37 heavy (non-hydrogen) atoms. The van der Waals surface area contributed by atoms with Crippen LogP contribution in [0, 0.1) is 0 Å². The fraction of sp³-hybridized carbons (Fsp3) is 0.360. The Hall–Kier alpha value is -2.96. The molecule has 0 N–H and O–H groups in total. The Morgan fingerprint density at radius 3 is 2.00 bits per heavy atom. The normalized spacial score (nSPS) is 17.9. The number of carbonyl (C=O) groups excluding carboxylic acids is 1. The molecule has 1 spiro atoms. The number of ether oxygens (including phenoxy) is 2. The molecule has 2 saturated heterocycles. The van der Waals surface area contributed by atoms with Crippen molar-refractivity contribution in [3.05, 3.63) is 70.4 Å². The zero-order chi connectivity index (χ0) is 26.4. The van der Waals surface area contributed by atoms with E-state index in [1.807, 2.05) is 4.90 Å². The van der Waals surface area contributed by atoms with Crippen LogP contribution < -0.4 is 4.90 Å². The fourth-order valence-electron chi connectivity index (χ4n) is 4.53. The number of benzene rings is 1. The molecular formula is C25H20F6N2O3S. The maximum atomic E-state index is 13.4. The summed E-state index contributed by atoms with van der Waals surface area (Å²) in [5, 5.41) is 0.686. The third kappa shape index (κ3) is 5.23. The van der Waals surface area contributed by atoms with E-state index in [2.05, 4.69) is 4.98 Å². The van der Waals surface area contributed by atoms with Crippen LogP contribution >= 0.6 is 11.3 Å². The fourth-order valence-corrected chi connectivity index (χ4v) is 5.72. The van der Waals surface area contributed by atoms with E-state index in [-0.39, 0.29) is 10.9 Å². The molecule has 0 amide bonds. The number of piperidine rings is 1. The monoisotopic (exact) mass is 542 g/mol. The van der Waals surface area contributed by atoms with E-state index in [1.54, 1.807) is 24.5 Å². The van der Waals surface area contributed by atoms with Gasteiger partial charge in [-0.05, 0) is 42.0 Å². The molecule has 0 aliphatic carbocycles. The second-order valence-corrected chi connectivity index (χ2v) is 9.81. The second-order valence-electron chi connectivity index (χ2n) is 8.78. The number of ketones is 1. The van der Waals surface area contributed by atoms with Crippen LogP contribution in [0.2, 0.25) is 0 Å². The Morgan fingerprint density at radius 2 is 1.46 bits per heavy atom. The minimum absolute atomic E-state index is 0.00968. The molecule has 2 aromatic heterocycles. The van der Waals surface area contributed by atoms with Crippen molar-refractivity contribution in [3.63, 3.8) is 0 Å². The number of carbonyl (C=O) groups is 1. The number of aromatic nitrogens is 1. The molecule has 0 radical (unpaired) electrons. The number of halogens is 6. The first-order valence-electron chi connectivity index (χ1n) is 11.4. The second kappa shape index (κ2) is 9.41. The Morgan fingerprint density at radius 1 is 0.892 bits per heavy atom. The molecule has 5 nitrogen and oxygen atoms in total. The highest BCUT2D eigenvalue weighted by Crippen LogP contribution is 2.43. The van der Waals surface area contributed by atoms with Crippen LogP contribution in [0.15, 0.2) is 48.8 Å². The summed E-state index contributed by atoms with van der Waals surface area (Å²) in [6, 6.07) is 5.89. The van der Waals surface area contributed by atoms with E-state index in [0.29, 0.717) is 67.4 Å². The van der Waals surface area contributed by atoms with Crippen LogP contribution in [-0.4, -0.2) is 42.9 Å². The van der Waals surface area contributed by atoms with Gasteiger partial charge in [0.2, 0.25) is 5.78 Å². The highest BCUT2D eigenvalue weighted by atomic mass is 32.1. The Bertz CT molecular complexity index is 1260. The lowest BCUT2D eigenvalue weighted by Gasteiger charge is -2.38. The maximum absolute atomic E-state index is 13.4. The molecule has 0 atom stereocenters. The molecule has 2 fully saturated rings. The summed E-state index contributed by atoms with van der Waals surface area (Å²) in [7, 11) is 0. The Kier molecular flexibility index (Phi) is 6.53. The minimum atomic E-state index is -5.05. The van der Waals surface area contributed by atoms with Crippen LogP contribution in [0.4, 0.5) is 31.3 Å². The van der Waals surface area contributed by atoms with Gasteiger partial charge in [-0.15, -0.1) is 11.3 Å². The van der Waals surface area contributed by atoms with Gasteiger partial charge in [-0.25, -0.2) is 0 Å². The predicted octanol–water partition coefficient (Wildman–Crippen LogP) is 6.42. The molecule has 0 bridgehead atoms. The number of anilines is 1. The zero-order valence-electron chi connectivity index (χ0n) is 19.2. The average Bonchev–Trinajstić information content (AvgIpc) is 3.51. The van der Waals surface area contributed by atoms with E-state index < -0.39 is 40.6 Å². The predicted molar refractivity (Wildman–Crippen MR) is 124 cm³/mol. The molecule has 0 saturated carbocycles. The largest absolute Gasteiger partial charge is 0.416 e. The van der Waals surface area contributed by atoms with Crippen molar-refractivity contribution >= 4 is 22.1 Å². The molecule has 4 heterocycles. The first kappa shape index (κ1) is 25.7. The maximum Gasteiger partial charge on any atom is 0.416 e. The summed E-state index contributed by atoms with van der Waals surface area (Å²) >= 11 is 1.03. The third-order valence-electron chi connectivity index (χ3n) is 6.40. The molecule has 3 aromatic rings. The topological polar surface area (TPSA) is 51.7 Å². The number of alkyl halides is 6. The summed E-state index contributed by atoms with van der Waals surface area (Å²) in [5.41, 5.74) is -2.39. The van der Waals surface area contributed by atoms with Gasteiger partial charge in [0.1, 0.15) is 0 Å².